The first-order valence-corrected chi connectivity index (χ1v) is 5.99. The van der Waals surface area contributed by atoms with E-state index in [2.05, 4.69) is 15.5 Å². The SMILES string of the molecule is CN(C)Cc1noc(CCNc2ccccc2)n1. The summed E-state index contributed by atoms with van der Waals surface area (Å²) in [5.41, 5.74) is 1.10. The highest BCUT2D eigenvalue weighted by Gasteiger charge is 2.06. The van der Waals surface area contributed by atoms with Crippen LogP contribution in [0.1, 0.15) is 11.7 Å². The van der Waals surface area contributed by atoms with Gasteiger partial charge in [-0.25, -0.2) is 0 Å². The molecule has 0 unspecified atom stereocenters. The zero-order chi connectivity index (χ0) is 12.8. The normalized spacial score (nSPS) is 10.8. The van der Waals surface area contributed by atoms with E-state index < -0.39 is 0 Å². The number of hydrogen-bond acceptors (Lipinski definition) is 5. The smallest absolute Gasteiger partial charge is 0.228 e. The van der Waals surface area contributed by atoms with Crippen molar-refractivity contribution in [2.75, 3.05) is 26.0 Å². The largest absolute Gasteiger partial charge is 0.385 e. The molecule has 18 heavy (non-hydrogen) atoms. The number of nitrogens with zero attached hydrogens (tertiary/aromatic N) is 3. The van der Waals surface area contributed by atoms with Crippen molar-refractivity contribution < 1.29 is 4.52 Å². The summed E-state index contributed by atoms with van der Waals surface area (Å²) in [5, 5.41) is 7.23. The van der Waals surface area contributed by atoms with E-state index in [4.69, 9.17) is 4.52 Å². The number of rotatable bonds is 6. The van der Waals surface area contributed by atoms with Gasteiger partial charge in [0.25, 0.3) is 0 Å². The second-order valence-corrected chi connectivity index (χ2v) is 4.38. The fourth-order valence-corrected chi connectivity index (χ4v) is 1.61. The molecule has 0 bridgehead atoms. The summed E-state index contributed by atoms with van der Waals surface area (Å²) in [6, 6.07) is 10.1. The van der Waals surface area contributed by atoms with Gasteiger partial charge in [-0.1, -0.05) is 23.4 Å². The fraction of sp³-hybridized carbons (Fsp3) is 0.385. The minimum atomic E-state index is 0.676. The van der Waals surface area contributed by atoms with Crippen LogP contribution in [0.15, 0.2) is 34.9 Å². The highest BCUT2D eigenvalue weighted by Crippen LogP contribution is 2.05. The van der Waals surface area contributed by atoms with E-state index in [0.29, 0.717) is 12.4 Å². The molecule has 1 N–H and O–H groups in total. The van der Waals surface area contributed by atoms with Crippen molar-refractivity contribution in [3.05, 3.63) is 42.0 Å². The average Bonchev–Trinajstić information content (AvgIpc) is 2.77. The van der Waals surface area contributed by atoms with E-state index in [1.807, 2.05) is 49.3 Å². The molecule has 0 saturated carbocycles. The van der Waals surface area contributed by atoms with E-state index in [1.165, 1.54) is 0 Å². The van der Waals surface area contributed by atoms with Crippen LogP contribution in [0.5, 0.6) is 0 Å². The van der Waals surface area contributed by atoms with Crippen molar-refractivity contribution in [3.63, 3.8) is 0 Å². The van der Waals surface area contributed by atoms with Crippen molar-refractivity contribution in [2.45, 2.75) is 13.0 Å². The van der Waals surface area contributed by atoms with Gasteiger partial charge in [-0.15, -0.1) is 0 Å². The monoisotopic (exact) mass is 246 g/mol. The number of para-hydroxylation sites is 1. The van der Waals surface area contributed by atoms with E-state index in [9.17, 15) is 0 Å². The van der Waals surface area contributed by atoms with Crippen LogP contribution in [0.3, 0.4) is 0 Å². The van der Waals surface area contributed by atoms with Gasteiger partial charge >= 0.3 is 0 Å². The summed E-state index contributed by atoms with van der Waals surface area (Å²) in [5.74, 6) is 1.41. The predicted octanol–water partition coefficient (Wildman–Crippen LogP) is 1.79. The van der Waals surface area contributed by atoms with Gasteiger partial charge in [0.1, 0.15) is 0 Å². The molecule has 0 amide bonds. The third-order valence-electron chi connectivity index (χ3n) is 2.41. The van der Waals surface area contributed by atoms with Gasteiger partial charge in [-0.2, -0.15) is 4.98 Å². The number of benzene rings is 1. The van der Waals surface area contributed by atoms with Crippen molar-refractivity contribution >= 4 is 5.69 Å². The predicted molar refractivity (Wildman–Crippen MR) is 70.3 cm³/mol. The van der Waals surface area contributed by atoms with E-state index in [-0.39, 0.29) is 0 Å². The standard InChI is InChI=1S/C13H18N4O/c1-17(2)10-12-15-13(18-16-12)8-9-14-11-6-4-3-5-7-11/h3-7,14H,8-10H2,1-2H3. The van der Waals surface area contributed by atoms with Gasteiger partial charge < -0.3 is 14.7 Å². The Kier molecular flexibility index (Phi) is 4.30. The number of aromatic nitrogens is 2. The molecule has 0 saturated heterocycles. The Labute approximate surface area is 107 Å². The molecule has 0 aliphatic rings. The van der Waals surface area contributed by atoms with Crippen LogP contribution in [0.25, 0.3) is 0 Å². The molecular weight excluding hydrogens is 228 g/mol. The van der Waals surface area contributed by atoms with E-state index in [1.54, 1.807) is 0 Å². The fourth-order valence-electron chi connectivity index (χ4n) is 1.61. The lowest BCUT2D eigenvalue weighted by Gasteiger charge is -2.03. The minimum Gasteiger partial charge on any atom is -0.385 e. The molecule has 1 heterocycles. The molecule has 0 fully saturated rings. The second-order valence-electron chi connectivity index (χ2n) is 4.38. The molecule has 2 rings (SSSR count). The molecule has 0 spiro atoms. The molecule has 5 heteroatoms. The maximum absolute atomic E-state index is 5.18. The number of anilines is 1. The Hall–Kier alpha value is -1.88. The van der Waals surface area contributed by atoms with Gasteiger partial charge in [0.05, 0.1) is 6.54 Å². The Bertz CT molecular complexity index is 467. The summed E-state index contributed by atoms with van der Waals surface area (Å²) >= 11 is 0. The molecular formula is C13H18N4O. The van der Waals surface area contributed by atoms with Crippen molar-refractivity contribution in [1.29, 1.82) is 0 Å². The third kappa shape index (κ3) is 3.85. The van der Waals surface area contributed by atoms with Gasteiger partial charge in [-0.05, 0) is 26.2 Å². The summed E-state index contributed by atoms with van der Waals surface area (Å²) in [6.07, 6.45) is 0.731. The average molecular weight is 246 g/mol. The zero-order valence-electron chi connectivity index (χ0n) is 10.8. The van der Waals surface area contributed by atoms with Crippen LogP contribution in [-0.2, 0) is 13.0 Å². The van der Waals surface area contributed by atoms with Crippen molar-refractivity contribution in [3.8, 4) is 0 Å². The lowest BCUT2D eigenvalue weighted by Crippen LogP contribution is -2.12. The molecule has 0 aliphatic heterocycles. The number of nitrogens with one attached hydrogen (secondary N) is 1. The third-order valence-corrected chi connectivity index (χ3v) is 2.41. The second kappa shape index (κ2) is 6.16. The first-order valence-electron chi connectivity index (χ1n) is 5.99. The van der Waals surface area contributed by atoms with Crippen LogP contribution in [0.2, 0.25) is 0 Å². The van der Waals surface area contributed by atoms with Crippen LogP contribution < -0.4 is 5.32 Å². The first-order chi connectivity index (χ1) is 8.74. The Morgan fingerprint density at radius 2 is 2.00 bits per heavy atom. The lowest BCUT2D eigenvalue weighted by molar-refractivity contribution is 0.350. The van der Waals surface area contributed by atoms with Crippen LogP contribution in [-0.4, -0.2) is 35.7 Å². The van der Waals surface area contributed by atoms with Gasteiger partial charge in [0, 0.05) is 18.7 Å². The van der Waals surface area contributed by atoms with Gasteiger partial charge in [0.15, 0.2) is 5.82 Å². The van der Waals surface area contributed by atoms with Crippen molar-refractivity contribution in [2.24, 2.45) is 0 Å². The molecule has 5 nitrogen and oxygen atoms in total. The maximum atomic E-state index is 5.18. The van der Waals surface area contributed by atoms with Crippen LogP contribution in [0.4, 0.5) is 5.69 Å². The maximum Gasteiger partial charge on any atom is 0.228 e. The van der Waals surface area contributed by atoms with Crippen LogP contribution >= 0.6 is 0 Å². The van der Waals surface area contributed by atoms with Crippen molar-refractivity contribution in [1.82, 2.24) is 15.0 Å². The zero-order valence-corrected chi connectivity index (χ0v) is 10.8. The summed E-state index contributed by atoms with van der Waals surface area (Å²) in [4.78, 5) is 6.33. The molecule has 1 aromatic carbocycles. The Morgan fingerprint density at radius 3 is 2.72 bits per heavy atom. The summed E-state index contributed by atoms with van der Waals surface area (Å²) < 4.78 is 5.18. The van der Waals surface area contributed by atoms with E-state index in [0.717, 1.165) is 24.5 Å². The highest BCUT2D eigenvalue weighted by atomic mass is 16.5. The van der Waals surface area contributed by atoms with Crippen LogP contribution in [0, 0.1) is 0 Å². The molecule has 0 atom stereocenters. The van der Waals surface area contributed by atoms with Gasteiger partial charge in [-0.3, -0.25) is 0 Å². The topological polar surface area (TPSA) is 54.2 Å². The highest BCUT2D eigenvalue weighted by molar-refractivity contribution is 5.42. The Balaban J connectivity index is 1.78. The molecule has 0 radical (unpaired) electrons. The van der Waals surface area contributed by atoms with Gasteiger partial charge in [0.2, 0.25) is 5.89 Å². The lowest BCUT2D eigenvalue weighted by atomic mass is 10.3. The Morgan fingerprint density at radius 1 is 1.22 bits per heavy atom. The molecule has 0 aliphatic carbocycles. The molecule has 96 valence electrons. The minimum absolute atomic E-state index is 0.676. The first kappa shape index (κ1) is 12.6. The molecule has 1 aromatic heterocycles. The quantitative estimate of drug-likeness (QED) is 0.842. The van der Waals surface area contributed by atoms with E-state index >= 15 is 0 Å². The summed E-state index contributed by atoms with van der Waals surface area (Å²) in [7, 11) is 3.96. The summed E-state index contributed by atoms with van der Waals surface area (Å²) in [6.45, 7) is 1.49. The number of hydrogen-bond donors (Lipinski definition) is 1. The molecule has 2 aromatic rings.